The highest BCUT2D eigenvalue weighted by Crippen LogP contribution is 2.29. The van der Waals surface area contributed by atoms with Gasteiger partial charge in [0.05, 0.1) is 6.61 Å². The van der Waals surface area contributed by atoms with Gasteiger partial charge >= 0.3 is 5.97 Å². The predicted octanol–water partition coefficient (Wildman–Crippen LogP) is 5.03. The Hall–Kier alpha value is -2.69. The molecule has 3 nitrogen and oxygen atoms in total. The largest absolute Gasteiger partial charge is 0.463 e. The molecule has 0 aliphatic carbocycles. The highest BCUT2D eigenvalue weighted by Gasteiger charge is 2.14. The minimum atomic E-state index is -0.849. The maximum atomic E-state index is 14.2. The highest BCUT2D eigenvalue weighted by molar-refractivity contribution is 5.93. The summed E-state index contributed by atoms with van der Waals surface area (Å²) in [6.45, 7) is 5.33. The first-order valence-corrected chi connectivity index (χ1v) is 7.49. The van der Waals surface area contributed by atoms with Crippen molar-refractivity contribution < 1.29 is 23.0 Å². The molecule has 0 N–H and O–H groups in total. The Labute approximate surface area is 139 Å². The fraction of sp³-hybridized carbons (Fsp3) is 0.211. The van der Waals surface area contributed by atoms with Gasteiger partial charge in [0.2, 0.25) is 0 Å². The molecule has 2 aromatic rings. The normalized spacial score (nSPS) is 11.3. The molecule has 0 aromatic heterocycles. The Morgan fingerprint density at radius 1 is 1.12 bits per heavy atom. The summed E-state index contributed by atoms with van der Waals surface area (Å²) >= 11 is 0. The monoisotopic (exact) mass is 332 g/mol. The van der Waals surface area contributed by atoms with Gasteiger partial charge in [0.15, 0.2) is 17.4 Å². The molecule has 5 heteroatoms. The summed E-state index contributed by atoms with van der Waals surface area (Å²) in [5, 5.41) is 0. The number of ether oxygens (including phenoxy) is 2. The second-order valence-corrected chi connectivity index (χ2v) is 5.28. The number of hydrogen-bond donors (Lipinski definition) is 0. The van der Waals surface area contributed by atoms with Gasteiger partial charge in [-0.1, -0.05) is 17.7 Å². The predicted molar refractivity (Wildman–Crippen MR) is 87.9 cm³/mol. The van der Waals surface area contributed by atoms with Crippen LogP contribution in [0.25, 0.3) is 6.08 Å². The first kappa shape index (κ1) is 17.7. The summed E-state index contributed by atoms with van der Waals surface area (Å²) in [5.74, 6) is -2.37. The fourth-order valence-electron chi connectivity index (χ4n) is 2.04. The molecule has 0 atom stereocenters. The minimum absolute atomic E-state index is 0.215. The fourth-order valence-corrected chi connectivity index (χ4v) is 2.04. The van der Waals surface area contributed by atoms with E-state index in [0.717, 1.165) is 17.7 Å². The van der Waals surface area contributed by atoms with Gasteiger partial charge in [0.25, 0.3) is 0 Å². The lowest BCUT2D eigenvalue weighted by Gasteiger charge is -2.09. The summed E-state index contributed by atoms with van der Waals surface area (Å²) in [6.07, 6.45) is 1.36. The molecule has 126 valence electrons. The Bertz CT molecular complexity index is 742. The number of aryl methyl sites for hydroxylation is 1. The zero-order valence-corrected chi connectivity index (χ0v) is 13.7. The van der Waals surface area contributed by atoms with E-state index in [1.165, 1.54) is 13.0 Å². The number of benzene rings is 2. The molecule has 0 saturated carbocycles. The average molecular weight is 332 g/mol. The van der Waals surface area contributed by atoms with Gasteiger partial charge in [-0.05, 0) is 56.7 Å². The molecule has 0 unspecified atom stereocenters. The zero-order valence-electron chi connectivity index (χ0n) is 13.7. The molecule has 0 aliphatic heterocycles. The Kier molecular flexibility index (Phi) is 5.68. The molecule has 0 radical (unpaired) electrons. The van der Waals surface area contributed by atoms with Crippen LogP contribution in [0.1, 0.15) is 25.0 Å². The number of esters is 1. The van der Waals surface area contributed by atoms with Gasteiger partial charge in [-0.2, -0.15) is 0 Å². The highest BCUT2D eigenvalue weighted by atomic mass is 19.1. The lowest BCUT2D eigenvalue weighted by atomic mass is 10.1. The van der Waals surface area contributed by atoms with Crippen molar-refractivity contribution in [2.75, 3.05) is 6.61 Å². The van der Waals surface area contributed by atoms with Gasteiger partial charge in [-0.25, -0.2) is 13.6 Å². The van der Waals surface area contributed by atoms with Crippen LogP contribution in [-0.4, -0.2) is 12.6 Å². The molecule has 0 aliphatic rings. The standard InChI is InChI=1S/C19H18F2O3/c1-4-23-19(22)13(3)9-14-10-16(20)18(17(21)11-14)24-15-7-5-12(2)6-8-15/h5-11H,4H2,1-3H3. The number of carbonyl (C=O) groups is 1. The van der Waals surface area contributed by atoms with Crippen LogP contribution in [0.3, 0.4) is 0 Å². The molecular weight excluding hydrogens is 314 g/mol. The van der Waals surface area contributed by atoms with Crippen LogP contribution < -0.4 is 4.74 Å². The van der Waals surface area contributed by atoms with E-state index in [2.05, 4.69) is 0 Å². The minimum Gasteiger partial charge on any atom is -0.463 e. The van der Waals surface area contributed by atoms with Crippen molar-refractivity contribution in [2.45, 2.75) is 20.8 Å². The number of rotatable bonds is 5. The molecule has 0 spiro atoms. The van der Waals surface area contributed by atoms with Crippen LogP contribution in [0.4, 0.5) is 8.78 Å². The van der Waals surface area contributed by atoms with Gasteiger partial charge in [0.1, 0.15) is 5.75 Å². The number of hydrogen-bond acceptors (Lipinski definition) is 3. The van der Waals surface area contributed by atoms with Crippen molar-refractivity contribution in [1.82, 2.24) is 0 Å². The maximum absolute atomic E-state index is 14.2. The van der Waals surface area contributed by atoms with Crippen LogP contribution >= 0.6 is 0 Å². The molecule has 0 saturated heterocycles. The summed E-state index contributed by atoms with van der Waals surface area (Å²) in [6, 6.07) is 9.04. The third-order valence-corrected chi connectivity index (χ3v) is 3.24. The molecule has 0 heterocycles. The van der Waals surface area contributed by atoms with Crippen molar-refractivity contribution in [3.05, 3.63) is 64.7 Å². The van der Waals surface area contributed by atoms with Crippen molar-refractivity contribution in [2.24, 2.45) is 0 Å². The molecular formula is C19H18F2O3. The Morgan fingerprint density at radius 3 is 2.25 bits per heavy atom. The lowest BCUT2D eigenvalue weighted by Crippen LogP contribution is -2.05. The molecule has 0 fully saturated rings. The van der Waals surface area contributed by atoms with Crippen LogP contribution in [-0.2, 0) is 9.53 Å². The second kappa shape index (κ2) is 7.73. The first-order valence-electron chi connectivity index (χ1n) is 7.49. The average Bonchev–Trinajstić information content (AvgIpc) is 2.53. The second-order valence-electron chi connectivity index (χ2n) is 5.28. The summed E-state index contributed by atoms with van der Waals surface area (Å²) in [4.78, 5) is 11.6. The molecule has 0 amide bonds. The molecule has 2 rings (SSSR count). The van der Waals surface area contributed by atoms with Crippen LogP contribution in [0.15, 0.2) is 42.0 Å². The SMILES string of the molecule is CCOC(=O)C(C)=Cc1cc(F)c(Oc2ccc(C)cc2)c(F)c1. The molecule has 0 bridgehead atoms. The molecule has 2 aromatic carbocycles. The van der Waals surface area contributed by atoms with Crippen LogP contribution in [0, 0.1) is 18.6 Å². The van der Waals surface area contributed by atoms with Crippen molar-refractivity contribution in [3.8, 4) is 11.5 Å². The quantitative estimate of drug-likeness (QED) is 0.569. The van der Waals surface area contributed by atoms with E-state index < -0.39 is 23.4 Å². The van der Waals surface area contributed by atoms with Crippen LogP contribution in [0.2, 0.25) is 0 Å². The lowest BCUT2D eigenvalue weighted by molar-refractivity contribution is -0.138. The maximum Gasteiger partial charge on any atom is 0.333 e. The van der Waals surface area contributed by atoms with E-state index in [-0.39, 0.29) is 17.7 Å². The summed E-state index contributed by atoms with van der Waals surface area (Å²) < 4.78 is 38.4. The van der Waals surface area contributed by atoms with E-state index in [1.807, 2.05) is 6.92 Å². The zero-order chi connectivity index (χ0) is 17.7. The summed E-state index contributed by atoms with van der Waals surface area (Å²) in [5.41, 5.74) is 1.48. The van der Waals surface area contributed by atoms with Gasteiger partial charge < -0.3 is 9.47 Å². The Balaban J connectivity index is 2.26. The van der Waals surface area contributed by atoms with E-state index >= 15 is 0 Å². The number of carbonyl (C=O) groups excluding carboxylic acids is 1. The van der Waals surface area contributed by atoms with Gasteiger partial charge in [-0.3, -0.25) is 0 Å². The van der Waals surface area contributed by atoms with Crippen molar-refractivity contribution in [1.29, 1.82) is 0 Å². The van der Waals surface area contributed by atoms with Crippen molar-refractivity contribution in [3.63, 3.8) is 0 Å². The topological polar surface area (TPSA) is 35.5 Å². The van der Waals surface area contributed by atoms with E-state index in [0.29, 0.717) is 5.75 Å². The third kappa shape index (κ3) is 4.41. The number of halogens is 2. The van der Waals surface area contributed by atoms with Crippen LogP contribution in [0.5, 0.6) is 11.5 Å². The van der Waals surface area contributed by atoms with Crippen molar-refractivity contribution >= 4 is 12.0 Å². The van der Waals surface area contributed by atoms with E-state index in [1.54, 1.807) is 31.2 Å². The Morgan fingerprint density at radius 2 is 1.71 bits per heavy atom. The third-order valence-electron chi connectivity index (χ3n) is 3.24. The van der Waals surface area contributed by atoms with E-state index in [4.69, 9.17) is 9.47 Å². The first-order chi connectivity index (χ1) is 11.4. The van der Waals surface area contributed by atoms with Gasteiger partial charge in [0, 0.05) is 5.57 Å². The molecule has 24 heavy (non-hydrogen) atoms. The van der Waals surface area contributed by atoms with E-state index in [9.17, 15) is 13.6 Å². The van der Waals surface area contributed by atoms with Gasteiger partial charge in [-0.15, -0.1) is 0 Å². The summed E-state index contributed by atoms with van der Waals surface area (Å²) in [7, 11) is 0. The smallest absolute Gasteiger partial charge is 0.333 e.